The Kier molecular flexibility index (Phi) is 5.38. The molecule has 0 unspecified atom stereocenters. The highest BCUT2D eigenvalue weighted by Gasteiger charge is 2.17. The van der Waals surface area contributed by atoms with Crippen molar-refractivity contribution in [1.29, 1.82) is 0 Å². The van der Waals surface area contributed by atoms with E-state index < -0.39 is 6.10 Å². The van der Waals surface area contributed by atoms with Crippen LogP contribution in [-0.4, -0.2) is 15.2 Å². The van der Waals surface area contributed by atoms with Gasteiger partial charge in [-0.3, -0.25) is 0 Å². The summed E-state index contributed by atoms with van der Waals surface area (Å²) in [5.74, 6) is 2.28. The van der Waals surface area contributed by atoms with Crippen LogP contribution in [0.5, 0.6) is 5.75 Å². The number of halogens is 1. The van der Waals surface area contributed by atoms with Gasteiger partial charge in [0.25, 0.3) is 11.1 Å². The minimum absolute atomic E-state index is 0.321. The van der Waals surface area contributed by atoms with Gasteiger partial charge in [-0.2, -0.15) is 0 Å². The maximum Gasteiger partial charge on any atom is 0.277 e. The van der Waals surface area contributed by atoms with E-state index in [4.69, 9.17) is 13.6 Å². The molecule has 0 bridgehead atoms. The first-order valence-electron chi connectivity index (χ1n) is 8.56. The molecule has 8 heteroatoms. The molecule has 2 heterocycles. The molecule has 142 valence electrons. The van der Waals surface area contributed by atoms with E-state index in [0.29, 0.717) is 34.3 Å². The van der Waals surface area contributed by atoms with Crippen molar-refractivity contribution in [3.63, 3.8) is 0 Å². The van der Waals surface area contributed by atoms with Crippen molar-refractivity contribution in [1.82, 2.24) is 15.2 Å². The molecule has 0 radical (unpaired) electrons. The maximum absolute atomic E-state index is 13.0. The molecule has 6 nitrogen and oxygen atoms in total. The molecule has 4 aromatic rings. The molecule has 0 N–H and O–H groups in total. The van der Waals surface area contributed by atoms with Gasteiger partial charge in [-0.05, 0) is 31.2 Å². The molecule has 0 aliphatic carbocycles. The van der Waals surface area contributed by atoms with Crippen molar-refractivity contribution < 1.29 is 18.0 Å². The molecule has 0 aliphatic heterocycles. The molecule has 1 atom stereocenters. The smallest absolute Gasteiger partial charge is 0.277 e. The Bertz CT molecular complexity index is 1030. The number of rotatable bonds is 7. The Morgan fingerprint density at radius 2 is 1.82 bits per heavy atom. The van der Waals surface area contributed by atoms with Gasteiger partial charge in [0.2, 0.25) is 5.89 Å². The van der Waals surface area contributed by atoms with Crippen molar-refractivity contribution in [2.24, 2.45) is 0 Å². The van der Waals surface area contributed by atoms with Crippen LogP contribution in [0.4, 0.5) is 4.39 Å². The van der Waals surface area contributed by atoms with Gasteiger partial charge >= 0.3 is 0 Å². The molecule has 2 aromatic heterocycles. The summed E-state index contributed by atoms with van der Waals surface area (Å²) in [6.45, 7) is 1.78. The molecular weight excluding hydrogens is 381 g/mol. The lowest BCUT2D eigenvalue weighted by Crippen LogP contribution is -2.03. The monoisotopic (exact) mass is 397 g/mol. The van der Waals surface area contributed by atoms with Gasteiger partial charge < -0.3 is 13.6 Å². The summed E-state index contributed by atoms with van der Waals surface area (Å²) in [6, 6.07) is 15.5. The molecule has 0 amide bonds. The molecular formula is C20H16FN3O3S. The summed E-state index contributed by atoms with van der Waals surface area (Å²) in [5, 5.41) is 8.41. The van der Waals surface area contributed by atoms with Gasteiger partial charge in [0, 0.05) is 5.56 Å². The van der Waals surface area contributed by atoms with E-state index in [1.54, 1.807) is 25.3 Å². The highest BCUT2D eigenvalue weighted by atomic mass is 32.2. The average Bonchev–Trinajstić information content (AvgIpc) is 3.38. The topological polar surface area (TPSA) is 74.2 Å². The normalized spacial score (nSPS) is 12.1. The molecule has 0 spiro atoms. The molecule has 0 fully saturated rings. The highest BCUT2D eigenvalue weighted by molar-refractivity contribution is 7.98. The highest BCUT2D eigenvalue weighted by Crippen LogP contribution is 2.27. The Balaban J connectivity index is 1.35. The number of hydrogen-bond acceptors (Lipinski definition) is 7. The van der Waals surface area contributed by atoms with Gasteiger partial charge in [0.15, 0.2) is 11.9 Å². The Morgan fingerprint density at radius 1 is 1.04 bits per heavy atom. The second kappa shape index (κ2) is 8.26. The van der Waals surface area contributed by atoms with Crippen LogP contribution >= 0.6 is 11.8 Å². The zero-order valence-corrected chi connectivity index (χ0v) is 15.7. The Hall–Kier alpha value is -3.13. The van der Waals surface area contributed by atoms with Crippen LogP contribution in [0.25, 0.3) is 11.3 Å². The largest absolute Gasteiger partial charge is 0.481 e. The van der Waals surface area contributed by atoms with Gasteiger partial charge in [-0.15, -0.1) is 10.2 Å². The number of nitrogens with zero attached hydrogens (tertiary/aromatic N) is 3. The van der Waals surface area contributed by atoms with E-state index in [9.17, 15) is 4.39 Å². The predicted molar refractivity (Wildman–Crippen MR) is 101 cm³/mol. The lowest BCUT2D eigenvalue weighted by Gasteiger charge is -2.10. The van der Waals surface area contributed by atoms with E-state index >= 15 is 0 Å². The van der Waals surface area contributed by atoms with Crippen LogP contribution in [0, 0.1) is 5.82 Å². The molecule has 2 aromatic carbocycles. The van der Waals surface area contributed by atoms with E-state index in [1.807, 2.05) is 30.3 Å². The lowest BCUT2D eigenvalue weighted by molar-refractivity contribution is 0.181. The first kappa shape index (κ1) is 18.2. The van der Waals surface area contributed by atoms with Gasteiger partial charge in [0.1, 0.15) is 11.6 Å². The summed E-state index contributed by atoms with van der Waals surface area (Å²) < 4.78 is 30.0. The van der Waals surface area contributed by atoms with Crippen LogP contribution < -0.4 is 4.74 Å². The minimum atomic E-state index is -0.460. The number of hydrogen-bond donors (Lipinski definition) is 0. The fourth-order valence-electron chi connectivity index (χ4n) is 2.45. The summed E-state index contributed by atoms with van der Waals surface area (Å²) in [7, 11) is 0. The van der Waals surface area contributed by atoms with Crippen molar-refractivity contribution in [2.45, 2.75) is 24.0 Å². The zero-order valence-electron chi connectivity index (χ0n) is 14.9. The number of thioether (sulfide) groups is 1. The predicted octanol–water partition coefficient (Wildman–Crippen LogP) is 5.30. The van der Waals surface area contributed by atoms with Crippen LogP contribution in [0.15, 0.2) is 74.9 Å². The Labute approximate surface area is 164 Å². The second-order valence-corrected chi connectivity index (χ2v) is 6.82. The summed E-state index contributed by atoms with van der Waals surface area (Å²) >= 11 is 1.33. The van der Waals surface area contributed by atoms with Crippen LogP contribution in [-0.2, 0) is 5.75 Å². The van der Waals surface area contributed by atoms with E-state index in [-0.39, 0.29) is 5.82 Å². The average molecular weight is 397 g/mol. The third-order valence-electron chi connectivity index (χ3n) is 3.83. The second-order valence-electron chi connectivity index (χ2n) is 5.89. The van der Waals surface area contributed by atoms with E-state index in [2.05, 4.69) is 15.2 Å². The van der Waals surface area contributed by atoms with Crippen LogP contribution in [0.2, 0.25) is 0 Å². The standard InChI is InChI=1S/C20H16FN3O3S/c1-13(25-16-9-7-15(21)8-10-16)19-23-24-20(27-19)28-12-18-22-11-17(26-18)14-5-3-2-4-6-14/h2-11,13H,12H2,1H3/t13-/m0/s1. The van der Waals surface area contributed by atoms with Crippen molar-refractivity contribution in [2.75, 3.05) is 0 Å². The number of ether oxygens (including phenoxy) is 1. The van der Waals surface area contributed by atoms with Gasteiger partial charge in [0.05, 0.1) is 11.9 Å². The number of benzene rings is 2. The maximum atomic E-state index is 13.0. The van der Waals surface area contributed by atoms with Crippen LogP contribution in [0.3, 0.4) is 0 Å². The molecule has 28 heavy (non-hydrogen) atoms. The third kappa shape index (κ3) is 4.40. The molecule has 4 rings (SSSR count). The zero-order chi connectivity index (χ0) is 19.3. The number of aromatic nitrogens is 3. The molecule has 0 saturated heterocycles. The minimum Gasteiger partial charge on any atom is -0.481 e. The summed E-state index contributed by atoms with van der Waals surface area (Å²) in [6.07, 6.45) is 1.24. The van der Waals surface area contributed by atoms with Gasteiger partial charge in [-0.1, -0.05) is 42.1 Å². The first-order chi connectivity index (χ1) is 13.7. The van der Waals surface area contributed by atoms with Crippen molar-refractivity contribution in [3.8, 4) is 17.1 Å². The Morgan fingerprint density at radius 3 is 2.61 bits per heavy atom. The van der Waals surface area contributed by atoms with E-state index in [1.165, 1.54) is 23.9 Å². The lowest BCUT2D eigenvalue weighted by atomic mass is 10.2. The van der Waals surface area contributed by atoms with Crippen molar-refractivity contribution >= 4 is 11.8 Å². The summed E-state index contributed by atoms with van der Waals surface area (Å²) in [5.41, 5.74) is 0.970. The molecule has 0 saturated carbocycles. The molecule has 0 aliphatic rings. The number of oxazole rings is 1. The fraction of sp³-hybridized carbons (Fsp3) is 0.150. The SMILES string of the molecule is C[C@H](Oc1ccc(F)cc1)c1nnc(SCc2ncc(-c3ccccc3)o2)o1. The van der Waals surface area contributed by atoms with E-state index in [0.717, 1.165) is 5.56 Å². The van der Waals surface area contributed by atoms with Crippen molar-refractivity contribution in [3.05, 3.63) is 78.4 Å². The van der Waals surface area contributed by atoms with Gasteiger partial charge in [-0.25, -0.2) is 9.37 Å². The third-order valence-corrected chi connectivity index (χ3v) is 4.63. The first-order valence-corrected chi connectivity index (χ1v) is 9.54. The fourth-order valence-corrected chi connectivity index (χ4v) is 3.07. The van der Waals surface area contributed by atoms with Crippen LogP contribution in [0.1, 0.15) is 24.8 Å². The quantitative estimate of drug-likeness (QED) is 0.392. The summed E-state index contributed by atoms with van der Waals surface area (Å²) in [4.78, 5) is 4.28.